The molecule has 0 saturated heterocycles. The normalized spacial score (nSPS) is 12.9. The van der Waals surface area contributed by atoms with Gasteiger partial charge < -0.3 is 19.7 Å². The zero-order valence-corrected chi connectivity index (χ0v) is 25.8. The Hall–Kier alpha value is -2.69. The van der Waals surface area contributed by atoms with Gasteiger partial charge in [-0.15, -0.1) is 0 Å². The van der Waals surface area contributed by atoms with E-state index in [0.29, 0.717) is 23.0 Å². The Bertz CT molecular complexity index is 972. The molecule has 0 radical (unpaired) electrons. The Labute approximate surface area is 230 Å². The molecular weight excluding hydrogens is 476 g/mol. The highest BCUT2D eigenvalue weighted by atomic mass is 16.5. The van der Waals surface area contributed by atoms with E-state index in [0.717, 1.165) is 22.3 Å². The van der Waals surface area contributed by atoms with Crippen molar-refractivity contribution in [1.29, 1.82) is 0 Å². The second-order valence-electron chi connectivity index (χ2n) is 14.5. The van der Waals surface area contributed by atoms with E-state index in [1.165, 1.54) is 0 Å². The fraction of sp³-hybridized carbons (Fsp3) is 0.606. The van der Waals surface area contributed by atoms with Crippen LogP contribution < -0.4 is 9.47 Å². The molecule has 2 N–H and O–H groups in total. The van der Waals surface area contributed by atoms with Gasteiger partial charge in [0.25, 0.3) is 0 Å². The minimum absolute atomic E-state index is 0.0572. The maximum absolute atomic E-state index is 12.6. The first-order valence-electron chi connectivity index (χ1n) is 13.7. The Morgan fingerprint density at radius 2 is 0.789 bits per heavy atom. The van der Waals surface area contributed by atoms with Crippen molar-refractivity contribution in [3.63, 3.8) is 0 Å². The Morgan fingerprint density at radius 3 is 1.00 bits per heavy atom. The summed E-state index contributed by atoms with van der Waals surface area (Å²) in [5, 5.41) is 21.8. The SMILES string of the molecule is CC(C)(C)c1cc(OCCC(=O)CCOc2cc(C(C)(C)C)c(O)c(C(C)(C)C)c2)cc(C(C)(C)C)c1O. The number of ether oxygens (including phenoxy) is 2. The van der Waals surface area contributed by atoms with Crippen molar-refractivity contribution in [2.75, 3.05) is 13.2 Å². The van der Waals surface area contributed by atoms with Crippen LogP contribution in [0.3, 0.4) is 0 Å². The molecule has 0 aromatic heterocycles. The van der Waals surface area contributed by atoms with Crippen LogP contribution in [0.25, 0.3) is 0 Å². The van der Waals surface area contributed by atoms with Crippen molar-refractivity contribution in [3.05, 3.63) is 46.5 Å². The summed E-state index contributed by atoms with van der Waals surface area (Å²) < 4.78 is 12.0. The predicted octanol–water partition coefficient (Wildman–Crippen LogP) is 8.09. The monoisotopic (exact) mass is 526 g/mol. The number of Topliss-reactive ketones (excluding diaryl/α,β-unsaturated/α-hetero) is 1. The number of aromatic hydroxyl groups is 2. The zero-order valence-electron chi connectivity index (χ0n) is 25.8. The number of carbonyl (C=O) groups excluding carboxylic acids is 1. The topological polar surface area (TPSA) is 76.0 Å². The molecule has 5 nitrogen and oxygen atoms in total. The molecule has 2 aromatic rings. The zero-order chi connectivity index (χ0) is 29.3. The molecule has 0 fully saturated rings. The summed E-state index contributed by atoms with van der Waals surface area (Å²) in [6.45, 7) is 25.2. The van der Waals surface area contributed by atoms with Crippen LogP contribution in [0.1, 0.15) is 118 Å². The number of benzene rings is 2. The van der Waals surface area contributed by atoms with Crippen LogP contribution in [-0.4, -0.2) is 29.2 Å². The molecule has 2 aromatic carbocycles. The maximum atomic E-state index is 12.6. The van der Waals surface area contributed by atoms with Gasteiger partial charge in [0.15, 0.2) is 0 Å². The van der Waals surface area contributed by atoms with E-state index in [1.807, 2.05) is 24.3 Å². The summed E-state index contributed by atoms with van der Waals surface area (Å²) in [6, 6.07) is 7.51. The van der Waals surface area contributed by atoms with Gasteiger partial charge in [-0.3, -0.25) is 4.79 Å². The first-order valence-corrected chi connectivity index (χ1v) is 13.7. The van der Waals surface area contributed by atoms with Crippen molar-refractivity contribution >= 4 is 5.78 Å². The molecule has 38 heavy (non-hydrogen) atoms. The largest absolute Gasteiger partial charge is 0.507 e. The number of phenolic OH excluding ortho intramolecular Hbond substituents is 2. The number of phenols is 2. The van der Waals surface area contributed by atoms with Crippen molar-refractivity contribution in [2.45, 2.75) is 118 Å². The van der Waals surface area contributed by atoms with E-state index in [-0.39, 0.29) is 53.5 Å². The number of carbonyl (C=O) groups is 1. The summed E-state index contributed by atoms with van der Waals surface area (Å²) in [7, 11) is 0. The first-order chi connectivity index (χ1) is 17.1. The molecule has 0 saturated carbocycles. The molecule has 0 heterocycles. The first kappa shape index (κ1) is 31.5. The van der Waals surface area contributed by atoms with E-state index in [2.05, 4.69) is 83.1 Å². The summed E-state index contributed by atoms with van der Waals surface area (Å²) in [6.07, 6.45) is 0.548. The van der Waals surface area contributed by atoms with Gasteiger partial charge in [0.05, 0.1) is 13.2 Å². The highest BCUT2D eigenvalue weighted by Crippen LogP contribution is 2.43. The van der Waals surface area contributed by atoms with Gasteiger partial charge in [0.1, 0.15) is 28.8 Å². The third-order valence-corrected chi connectivity index (χ3v) is 6.70. The molecule has 212 valence electrons. The third kappa shape index (κ3) is 8.15. The predicted molar refractivity (Wildman–Crippen MR) is 156 cm³/mol. The van der Waals surface area contributed by atoms with Gasteiger partial charge in [0, 0.05) is 35.1 Å². The van der Waals surface area contributed by atoms with Crippen LogP contribution in [0.4, 0.5) is 0 Å². The molecule has 0 aliphatic carbocycles. The number of rotatable bonds is 8. The quantitative estimate of drug-likeness (QED) is 0.363. The van der Waals surface area contributed by atoms with E-state index >= 15 is 0 Å². The van der Waals surface area contributed by atoms with Crippen LogP contribution in [0, 0.1) is 0 Å². The highest BCUT2D eigenvalue weighted by Gasteiger charge is 2.28. The Kier molecular flexibility index (Phi) is 9.29. The molecule has 0 aliphatic rings. The standard InChI is InChI=1S/C33H50O5/c1-30(2,3)24-17-22(18-25(28(24)35)31(4,5)6)37-15-13-21(34)14-16-38-23-19-26(32(7,8)9)29(36)27(20-23)33(10,11)12/h17-20,35-36H,13-16H2,1-12H3. The lowest BCUT2D eigenvalue weighted by atomic mass is 9.79. The smallest absolute Gasteiger partial charge is 0.139 e. The van der Waals surface area contributed by atoms with E-state index < -0.39 is 0 Å². The lowest BCUT2D eigenvalue weighted by Gasteiger charge is -2.28. The van der Waals surface area contributed by atoms with Crippen LogP contribution in [0.15, 0.2) is 24.3 Å². The molecular formula is C33H50O5. The van der Waals surface area contributed by atoms with E-state index in [4.69, 9.17) is 9.47 Å². The number of hydrogen-bond acceptors (Lipinski definition) is 5. The van der Waals surface area contributed by atoms with Crippen molar-refractivity contribution in [3.8, 4) is 23.0 Å². The number of ketones is 1. The maximum Gasteiger partial charge on any atom is 0.139 e. The van der Waals surface area contributed by atoms with Crippen molar-refractivity contribution in [1.82, 2.24) is 0 Å². The Balaban J connectivity index is 2.05. The molecule has 0 spiro atoms. The van der Waals surface area contributed by atoms with E-state index in [9.17, 15) is 15.0 Å². The van der Waals surface area contributed by atoms with Gasteiger partial charge in [-0.2, -0.15) is 0 Å². The molecule has 0 amide bonds. The molecule has 0 bridgehead atoms. The summed E-state index contributed by atoms with van der Waals surface area (Å²) >= 11 is 0. The fourth-order valence-electron chi connectivity index (χ4n) is 4.36. The van der Waals surface area contributed by atoms with Gasteiger partial charge in [-0.05, 0) is 45.9 Å². The molecule has 0 aliphatic heterocycles. The average molecular weight is 527 g/mol. The van der Waals surface area contributed by atoms with Gasteiger partial charge in [0.2, 0.25) is 0 Å². The molecule has 0 atom stereocenters. The van der Waals surface area contributed by atoms with E-state index in [1.54, 1.807) is 0 Å². The second-order valence-corrected chi connectivity index (χ2v) is 14.5. The number of hydrogen-bond donors (Lipinski definition) is 2. The highest BCUT2D eigenvalue weighted by molar-refractivity contribution is 5.78. The van der Waals surface area contributed by atoms with Gasteiger partial charge in [-0.1, -0.05) is 83.1 Å². The van der Waals surface area contributed by atoms with Crippen LogP contribution in [0.5, 0.6) is 23.0 Å². The van der Waals surface area contributed by atoms with Gasteiger partial charge >= 0.3 is 0 Å². The minimum Gasteiger partial charge on any atom is -0.507 e. The van der Waals surface area contributed by atoms with Crippen LogP contribution in [-0.2, 0) is 26.5 Å². The summed E-state index contributed by atoms with van der Waals surface area (Å²) in [5.74, 6) is 2.00. The van der Waals surface area contributed by atoms with Crippen LogP contribution >= 0.6 is 0 Å². The lowest BCUT2D eigenvalue weighted by Crippen LogP contribution is -2.18. The van der Waals surface area contributed by atoms with Gasteiger partial charge in [-0.25, -0.2) is 0 Å². The van der Waals surface area contributed by atoms with Crippen molar-refractivity contribution < 1.29 is 24.5 Å². The Morgan fingerprint density at radius 1 is 0.553 bits per heavy atom. The average Bonchev–Trinajstić information content (AvgIpc) is 2.72. The summed E-state index contributed by atoms with van der Waals surface area (Å²) in [4.78, 5) is 12.6. The second kappa shape index (κ2) is 11.2. The lowest BCUT2D eigenvalue weighted by molar-refractivity contribution is -0.120. The molecule has 5 heteroatoms. The van der Waals surface area contributed by atoms with Crippen molar-refractivity contribution in [2.24, 2.45) is 0 Å². The summed E-state index contributed by atoms with van der Waals surface area (Å²) in [5.41, 5.74) is 2.34. The third-order valence-electron chi connectivity index (χ3n) is 6.70. The van der Waals surface area contributed by atoms with Crippen LogP contribution in [0.2, 0.25) is 0 Å². The molecule has 0 unspecified atom stereocenters. The molecule has 2 rings (SSSR count). The minimum atomic E-state index is -0.245. The fourth-order valence-corrected chi connectivity index (χ4v) is 4.36.